The van der Waals surface area contributed by atoms with Crippen molar-refractivity contribution >= 4 is 23.0 Å². The molecular weight excluding hydrogens is 262 g/mol. The largest absolute Gasteiger partial charge is 0.389 e. The van der Waals surface area contributed by atoms with Crippen molar-refractivity contribution < 1.29 is 4.52 Å². The van der Waals surface area contributed by atoms with E-state index in [-0.39, 0.29) is 0 Å². The highest BCUT2D eigenvalue weighted by atomic mass is 32.1. The van der Waals surface area contributed by atoms with Crippen LogP contribution in [0, 0.1) is 20.8 Å². The minimum absolute atomic E-state index is 0.298. The van der Waals surface area contributed by atoms with E-state index in [2.05, 4.69) is 20.7 Å². The maximum absolute atomic E-state index is 5.75. The number of aryl methyl sites for hydroxylation is 2. The Morgan fingerprint density at radius 1 is 1.37 bits per heavy atom. The van der Waals surface area contributed by atoms with Gasteiger partial charge in [-0.2, -0.15) is 5.10 Å². The molecule has 6 nitrogen and oxygen atoms in total. The highest BCUT2D eigenvalue weighted by molar-refractivity contribution is 7.80. The summed E-state index contributed by atoms with van der Waals surface area (Å²) in [6.07, 6.45) is 0. The van der Waals surface area contributed by atoms with Crippen molar-refractivity contribution in [2.24, 2.45) is 5.73 Å². The van der Waals surface area contributed by atoms with Crippen LogP contribution >= 0.6 is 12.2 Å². The predicted octanol–water partition coefficient (Wildman–Crippen LogP) is 1.64. The molecule has 0 unspecified atom stereocenters. The van der Waals surface area contributed by atoms with Crippen molar-refractivity contribution in [2.75, 3.05) is 5.32 Å². The number of anilines is 1. The molecule has 0 amide bonds. The van der Waals surface area contributed by atoms with Crippen LogP contribution in [0.15, 0.2) is 10.6 Å². The van der Waals surface area contributed by atoms with Crippen LogP contribution in [-0.4, -0.2) is 20.3 Å². The molecule has 2 aromatic rings. The molecule has 0 atom stereocenters. The molecule has 0 aliphatic rings. The number of hydrogen-bond donors (Lipinski definition) is 2. The van der Waals surface area contributed by atoms with Gasteiger partial charge in [-0.05, 0) is 26.3 Å². The van der Waals surface area contributed by atoms with Crippen LogP contribution in [0.4, 0.5) is 5.82 Å². The third-order valence-corrected chi connectivity index (χ3v) is 3.01. The maximum Gasteiger partial charge on any atom is 0.159 e. The minimum Gasteiger partial charge on any atom is -0.389 e. The average Bonchev–Trinajstić information content (AvgIpc) is 2.76. The lowest BCUT2D eigenvalue weighted by Crippen LogP contribution is -2.18. The second-order valence-electron chi connectivity index (χ2n) is 4.29. The van der Waals surface area contributed by atoms with Crippen molar-refractivity contribution in [3.05, 3.63) is 34.3 Å². The van der Waals surface area contributed by atoms with Crippen LogP contribution in [0.1, 0.15) is 28.3 Å². The molecule has 0 aliphatic carbocycles. The third kappa shape index (κ3) is 2.87. The number of nitrogens with zero attached hydrogens (tertiary/aromatic N) is 3. The Labute approximate surface area is 116 Å². The fourth-order valence-corrected chi connectivity index (χ4v) is 1.95. The van der Waals surface area contributed by atoms with Crippen molar-refractivity contribution in [3.63, 3.8) is 0 Å². The Bertz CT molecular complexity index is 623. The molecule has 100 valence electrons. The van der Waals surface area contributed by atoms with Gasteiger partial charge in [0.25, 0.3) is 0 Å². The first-order valence-corrected chi connectivity index (χ1v) is 6.19. The quantitative estimate of drug-likeness (QED) is 0.821. The number of aromatic nitrogens is 3. The molecule has 3 N–H and O–H groups in total. The zero-order valence-electron chi connectivity index (χ0n) is 11.0. The van der Waals surface area contributed by atoms with Gasteiger partial charge in [0, 0.05) is 6.07 Å². The maximum atomic E-state index is 5.75. The summed E-state index contributed by atoms with van der Waals surface area (Å²) < 4.78 is 5.12. The molecule has 0 saturated heterocycles. The Balaban J connectivity index is 2.25. The molecule has 0 saturated carbocycles. The van der Waals surface area contributed by atoms with Crippen LogP contribution in [0.25, 0.3) is 0 Å². The van der Waals surface area contributed by atoms with Crippen LogP contribution in [0.3, 0.4) is 0 Å². The summed E-state index contributed by atoms with van der Waals surface area (Å²) in [6.45, 7) is 6.10. The highest BCUT2D eigenvalue weighted by Crippen LogP contribution is 2.19. The standard InChI is InChI=1S/C12H15N5OS/c1-6-4-9(18-17-6)5-14-12-10(11(13)19)7(2)8(3)15-16-12/h4H,5H2,1-3H3,(H2,13,19)(H,14,16). The van der Waals surface area contributed by atoms with E-state index < -0.39 is 0 Å². The molecular formula is C12H15N5OS. The zero-order chi connectivity index (χ0) is 14.0. The van der Waals surface area contributed by atoms with Crippen molar-refractivity contribution in [1.29, 1.82) is 0 Å². The molecule has 2 aromatic heterocycles. The van der Waals surface area contributed by atoms with Gasteiger partial charge < -0.3 is 15.6 Å². The number of thiocarbonyl (C=S) groups is 1. The Kier molecular flexibility index (Phi) is 3.75. The normalized spacial score (nSPS) is 10.5. The average molecular weight is 277 g/mol. The van der Waals surface area contributed by atoms with Gasteiger partial charge in [0.05, 0.1) is 23.5 Å². The molecule has 7 heteroatoms. The van der Waals surface area contributed by atoms with Gasteiger partial charge in [-0.25, -0.2) is 0 Å². The molecule has 0 bridgehead atoms. The van der Waals surface area contributed by atoms with Gasteiger partial charge in [-0.3, -0.25) is 0 Å². The third-order valence-electron chi connectivity index (χ3n) is 2.81. The van der Waals surface area contributed by atoms with Gasteiger partial charge in [0.1, 0.15) is 4.99 Å². The Morgan fingerprint density at radius 2 is 2.11 bits per heavy atom. The summed E-state index contributed by atoms with van der Waals surface area (Å²) in [5.41, 5.74) is 9.04. The number of nitrogens with one attached hydrogen (secondary N) is 1. The summed E-state index contributed by atoms with van der Waals surface area (Å²) in [5, 5.41) is 15.1. The summed E-state index contributed by atoms with van der Waals surface area (Å²) in [5.74, 6) is 1.27. The Hall–Kier alpha value is -2.02. The second-order valence-corrected chi connectivity index (χ2v) is 4.73. The van der Waals surface area contributed by atoms with E-state index in [9.17, 15) is 0 Å². The van der Waals surface area contributed by atoms with Crippen molar-refractivity contribution in [3.8, 4) is 0 Å². The molecule has 0 spiro atoms. The molecule has 2 rings (SSSR count). The predicted molar refractivity (Wildman–Crippen MR) is 76.0 cm³/mol. The number of nitrogens with two attached hydrogens (primary N) is 1. The lowest BCUT2D eigenvalue weighted by molar-refractivity contribution is 0.384. The number of rotatable bonds is 4. The summed E-state index contributed by atoms with van der Waals surface area (Å²) in [4.78, 5) is 0.298. The van der Waals surface area contributed by atoms with Crippen LogP contribution in [-0.2, 0) is 6.54 Å². The number of hydrogen-bond acceptors (Lipinski definition) is 6. The van der Waals surface area contributed by atoms with Gasteiger partial charge in [-0.15, -0.1) is 5.10 Å². The van der Waals surface area contributed by atoms with Crippen LogP contribution in [0.2, 0.25) is 0 Å². The minimum atomic E-state index is 0.298. The van der Waals surface area contributed by atoms with E-state index in [0.29, 0.717) is 23.1 Å². The lowest BCUT2D eigenvalue weighted by atomic mass is 10.1. The fourth-order valence-electron chi connectivity index (χ4n) is 1.70. The summed E-state index contributed by atoms with van der Waals surface area (Å²) in [7, 11) is 0. The van der Waals surface area contributed by atoms with E-state index in [1.165, 1.54) is 0 Å². The second kappa shape index (κ2) is 5.31. The molecule has 0 aromatic carbocycles. The topological polar surface area (TPSA) is 89.9 Å². The molecule has 0 fully saturated rings. The van der Waals surface area contributed by atoms with Gasteiger partial charge in [0.15, 0.2) is 11.6 Å². The fraction of sp³-hybridized carbons (Fsp3) is 0.333. The van der Waals surface area contributed by atoms with Crippen molar-refractivity contribution in [1.82, 2.24) is 15.4 Å². The lowest BCUT2D eigenvalue weighted by Gasteiger charge is -2.12. The first-order valence-electron chi connectivity index (χ1n) is 5.78. The molecule has 2 heterocycles. The molecule has 0 aliphatic heterocycles. The van der Waals surface area contributed by atoms with E-state index in [1.54, 1.807) is 0 Å². The van der Waals surface area contributed by atoms with Gasteiger partial charge in [0.2, 0.25) is 0 Å². The highest BCUT2D eigenvalue weighted by Gasteiger charge is 2.13. The van der Waals surface area contributed by atoms with Gasteiger partial charge >= 0.3 is 0 Å². The van der Waals surface area contributed by atoms with Crippen molar-refractivity contribution in [2.45, 2.75) is 27.3 Å². The van der Waals surface area contributed by atoms with Gasteiger partial charge in [-0.1, -0.05) is 17.4 Å². The summed E-state index contributed by atoms with van der Waals surface area (Å²) >= 11 is 5.07. The smallest absolute Gasteiger partial charge is 0.159 e. The van der Waals surface area contributed by atoms with Crippen LogP contribution in [0.5, 0.6) is 0 Å². The van der Waals surface area contributed by atoms with E-state index in [0.717, 1.165) is 22.5 Å². The summed E-state index contributed by atoms with van der Waals surface area (Å²) in [6, 6.07) is 1.85. The molecule has 19 heavy (non-hydrogen) atoms. The first kappa shape index (κ1) is 13.4. The monoisotopic (exact) mass is 277 g/mol. The van der Waals surface area contributed by atoms with E-state index in [1.807, 2.05) is 26.8 Å². The first-order chi connectivity index (χ1) is 8.99. The van der Waals surface area contributed by atoms with E-state index in [4.69, 9.17) is 22.5 Å². The zero-order valence-corrected chi connectivity index (χ0v) is 11.8. The van der Waals surface area contributed by atoms with Crippen LogP contribution < -0.4 is 11.1 Å². The SMILES string of the molecule is Cc1cc(CNc2nnc(C)c(C)c2C(N)=S)on1. The molecule has 0 radical (unpaired) electrons. The Morgan fingerprint density at radius 3 is 2.68 bits per heavy atom. The van der Waals surface area contributed by atoms with E-state index >= 15 is 0 Å².